The smallest absolute Gasteiger partial charge is 0.225 e. The zero-order valence-corrected chi connectivity index (χ0v) is 11.1. The molecular weight excluding hydrogens is 242 g/mol. The largest absolute Gasteiger partial charge is 0.293 e. The Kier molecular flexibility index (Phi) is 3.30. The van der Waals surface area contributed by atoms with E-state index in [0.717, 1.165) is 5.82 Å². The summed E-state index contributed by atoms with van der Waals surface area (Å²) < 4.78 is 2.00. The molecular formula is C11H14ClN3S. The summed E-state index contributed by atoms with van der Waals surface area (Å²) in [5.41, 5.74) is 0. The van der Waals surface area contributed by atoms with Gasteiger partial charge in [0.15, 0.2) is 0 Å². The van der Waals surface area contributed by atoms with Gasteiger partial charge in [-0.15, -0.1) is 21.5 Å². The number of aromatic nitrogens is 3. The van der Waals surface area contributed by atoms with E-state index >= 15 is 0 Å². The summed E-state index contributed by atoms with van der Waals surface area (Å²) in [7, 11) is 0. The molecule has 0 amide bonds. The van der Waals surface area contributed by atoms with E-state index in [-0.39, 0.29) is 6.04 Å². The number of hydrogen-bond donors (Lipinski definition) is 0. The highest BCUT2D eigenvalue weighted by atomic mass is 35.5. The molecule has 1 unspecified atom stereocenters. The Balaban J connectivity index is 2.49. The molecule has 0 radical (unpaired) electrons. The van der Waals surface area contributed by atoms with Crippen LogP contribution in [0.4, 0.5) is 0 Å². The van der Waals surface area contributed by atoms with Crippen molar-refractivity contribution in [3.63, 3.8) is 0 Å². The summed E-state index contributed by atoms with van der Waals surface area (Å²) in [6, 6.07) is 4.41. The molecule has 2 aromatic heterocycles. The maximum Gasteiger partial charge on any atom is 0.225 e. The minimum absolute atomic E-state index is 0.225. The fourth-order valence-electron chi connectivity index (χ4n) is 1.87. The molecule has 0 spiro atoms. The number of halogens is 1. The van der Waals surface area contributed by atoms with Crippen molar-refractivity contribution in [1.82, 2.24) is 14.8 Å². The monoisotopic (exact) mass is 255 g/mol. The van der Waals surface area contributed by atoms with E-state index in [1.165, 1.54) is 4.88 Å². The van der Waals surface area contributed by atoms with E-state index in [9.17, 15) is 0 Å². The first-order valence-corrected chi connectivity index (χ1v) is 6.47. The van der Waals surface area contributed by atoms with Crippen LogP contribution in [0.2, 0.25) is 5.28 Å². The van der Waals surface area contributed by atoms with Gasteiger partial charge in [-0.25, -0.2) is 0 Å². The molecule has 0 aromatic carbocycles. The van der Waals surface area contributed by atoms with Gasteiger partial charge in [0.25, 0.3) is 0 Å². The van der Waals surface area contributed by atoms with E-state index < -0.39 is 0 Å². The molecule has 86 valence electrons. The second-order valence-corrected chi connectivity index (χ2v) is 5.41. The standard InChI is InChI=1S/C11H14ClN3S/c1-7(2)10(9-5-4-6-16-9)15-8(3)13-14-11(15)12/h4-7,10H,1-3H3. The maximum absolute atomic E-state index is 6.09. The number of nitrogens with zero attached hydrogens (tertiary/aromatic N) is 3. The maximum atomic E-state index is 6.09. The van der Waals surface area contributed by atoms with Crippen LogP contribution in [0.15, 0.2) is 17.5 Å². The summed E-state index contributed by atoms with van der Waals surface area (Å²) in [4.78, 5) is 1.29. The highest BCUT2D eigenvalue weighted by molar-refractivity contribution is 7.10. The molecule has 2 rings (SSSR count). The third kappa shape index (κ3) is 1.99. The first-order valence-electron chi connectivity index (χ1n) is 5.21. The second-order valence-electron chi connectivity index (χ2n) is 4.09. The van der Waals surface area contributed by atoms with Gasteiger partial charge in [0, 0.05) is 4.88 Å². The molecule has 2 aromatic rings. The zero-order chi connectivity index (χ0) is 11.7. The summed E-state index contributed by atoms with van der Waals surface area (Å²) in [5, 5.41) is 10.5. The molecule has 0 aliphatic rings. The van der Waals surface area contributed by atoms with Gasteiger partial charge in [-0.05, 0) is 35.9 Å². The van der Waals surface area contributed by atoms with Crippen molar-refractivity contribution >= 4 is 22.9 Å². The van der Waals surface area contributed by atoms with Gasteiger partial charge in [0.1, 0.15) is 5.82 Å². The SMILES string of the molecule is Cc1nnc(Cl)n1C(c1cccs1)C(C)C. The summed E-state index contributed by atoms with van der Waals surface area (Å²) in [6.07, 6.45) is 0. The lowest BCUT2D eigenvalue weighted by Gasteiger charge is -2.22. The lowest BCUT2D eigenvalue weighted by atomic mass is 10.0. The predicted octanol–water partition coefficient (Wildman–Crippen LogP) is 3.55. The Hall–Kier alpha value is -0.870. The molecule has 0 bridgehead atoms. The zero-order valence-electron chi connectivity index (χ0n) is 9.51. The number of thiophene rings is 1. The van der Waals surface area contributed by atoms with Gasteiger partial charge in [0.05, 0.1) is 6.04 Å². The summed E-state index contributed by atoms with van der Waals surface area (Å²) >= 11 is 7.83. The molecule has 2 heterocycles. The Morgan fingerprint density at radius 2 is 2.12 bits per heavy atom. The van der Waals surface area contributed by atoms with Crippen LogP contribution in [-0.4, -0.2) is 14.8 Å². The fraction of sp³-hybridized carbons (Fsp3) is 0.455. The molecule has 0 saturated heterocycles. The summed E-state index contributed by atoms with van der Waals surface area (Å²) in [6.45, 7) is 6.29. The van der Waals surface area contributed by atoms with Gasteiger partial charge < -0.3 is 0 Å². The molecule has 3 nitrogen and oxygen atoms in total. The number of aryl methyl sites for hydroxylation is 1. The Labute approximate surface area is 104 Å². The Morgan fingerprint density at radius 1 is 1.38 bits per heavy atom. The van der Waals surface area contributed by atoms with E-state index in [0.29, 0.717) is 11.2 Å². The number of rotatable bonds is 3. The van der Waals surface area contributed by atoms with Crippen LogP contribution in [0.5, 0.6) is 0 Å². The minimum Gasteiger partial charge on any atom is -0.293 e. The van der Waals surface area contributed by atoms with Crippen molar-refractivity contribution in [3.8, 4) is 0 Å². The molecule has 0 fully saturated rings. The average Bonchev–Trinajstić information content (AvgIpc) is 2.82. The van der Waals surface area contributed by atoms with Gasteiger partial charge in [-0.3, -0.25) is 4.57 Å². The van der Waals surface area contributed by atoms with Gasteiger partial charge in [0.2, 0.25) is 5.28 Å². The fourth-order valence-corrected chi connectivity index (χ4v) is 3.13. The van der Waals surface area contributed by atoms with Crippen LogP contribution in [0.3, 0.4) is 0 Å². The van der Waals surface area contributed by atoms with E-state index in [1.54, 1.807) is 11.3 Å². The van der Waals surface area contributed by atoms with Crippen molar-refractivity contribution in [1.29, 1.82) is 0 Å². The van der Waals surface area contributed by atoms with Crippen molar-refractivity contribution in [2.45, 2.75) is 26.8 Å². The first-order chi connectivity index (χ1) is 7.61. The second kappa shape index (κ2) is 4.55. The lowest BCUT2D eigenvalue weighted by molar-refractivity contribution is 0.435. The van der Waals surface area contributed by atoms with Crippen LogP contribution >= 0.6 is 22.9 Å². The average molecular weight is 256 g/mol. The molecule has 5 heteroatoms. The Bertz CT molecular complexity index is 442. The Morgan fingerprint density at radius 3 is 2.56 bits per heavy atom. The van der Waals surface area contributed by atoms with Crippen LogP contribution in [-0.2, 0) is 0 Å². The van der Waals surface area contributed by atoms with Gasteiger partial charge in [-0.2, -0.15) is 0 Å². The van der Waals surface area contributed by atoms with E-state index in [1.807, 2.05) is 11.5 Å². The minimum atomic E-state index is 0.225. The normalized spacial score (nSPS) is 13.3. The van der Waals surface area contributed by atoms with Crippen LogP contribution < -0.4 is 0 Å². The van der Waals surface area contributed by atoms with Crippen molar-refractivity contribution < 1.29 is 0 Å². The number of hydrogen-bond acceptors (Lipinski definition) is 3. The summed E-state index contributed by atoms with van der Waals surface area (Å²) in [5.74, 6) is 1.31. The van der Waals surface area contributed by atoms with Gasteiger partial charge in [-0.1, -0.05) is 19.9 Å². The highest BCUT2D eigenvalue weighted by Gasteiger charge is 2.23. The molecule has 16 heavy (non-hydrogen) atoms. The van der Waals surface area contributed by atoms with Crippen molar-refractivity contribution in [2.75, 3.05) is 0 Å². The van der Waals surface area contributed by atoms with E-state index in [4.69, 9.17) is 11.6 Å². The molecule has 0 saturated carbocycles. The topological polar surface area (TPSA) is 30.7 Å². The third-order valence-corrected chi connectivity index (χ3v) is 3.77. The first kappa shape index (κ1) is 11.6. The quantitative estimate of drug-likeness (QED) is 0.840. The van der Waals surface area contributed by atoms with Gasteiger partial charge >= 0.3 is 0 Å². The molecule has 0 aliphatic heterocycles. The van der Waals surface area contributed by atoms with Crippen molar-refractivity contribution in [2.24, 2.45) is 5.92 Å². The molecule has 0 N–H and O–H groups in total. The van der Waals surface area contributed by atoms with Crippen LogP contribution in [0, 0.1) is 12.8 Å². The highest BCUT2D eigenvalue weighted by Crippen LogP contribution is 2.32. The van der Waals surface area contributed by atoms with Crippen molar-refractivity contribution in [3.05, 3.63) is 33.5 Å². The molecule has 1 atom stereocenters. The van der Waals surface area contributed by atoms with E-state index in [2.05, 4.69) is 41.6 Å². The molecule has 0 aliphatic carbocycles. The van der Waals surface area contributed by atoms with Crippen LogP contribution in [0.1, 0.15) is 30.6 Å². The van der Waals surface area contributed by atoms with Crippen LogP contribution in [0.25, 0.3) is 0 Å². The lowest BCUT2D eigenvalue weighted by Crippen LogP contribution is -2.17. The predicted molar refractivity (Wildman–Crippen MR) is 67.1 cm³/mol. The third-order valence-electron chi connectivity index (χ3n) is 2.57.